The summed E-state index contributed by atoms with van der Waals surface area (Å²) in [6.45, 7) is 3.15. The number of imidazole rings is 1. The summed E-state index contributed by atoms with van der Waals surface area (Å²) in [5, 5.41) is 5.02. The minimum Gasteiger partial charge on any atom is -0.357 e. The van der Waals surface area contributed by atoms with Crippen LogP contribution in [0.1, 0.15) is 43.7 Å². The SMILES string of the molecule is c1cncc(C2CCCN2c2ccc3ncc(-c4cccc(N5CCCCC5)n4)n3n2)c1. The molecule has 1 unspecified atom stereocenters. The van der Waals surface area contributed by atoms with Gasteiger partial charge in [-0.05, 0) is 68.0 Å². The van der Waals surface area contributed by atoms with Crippen molar-refractivity contribution in [3.8, 4) is 11.4 Å². The first kappa shape index (κ1) is 19.2. The average Bonchev–Trinajstić information content (AvgIpc) is 3.52. The average molecular weight is 426 g/mol. The molecule has 1 atom stereocenters. The Hall–Kier alpha value is -3.48. The number of fused-ring (bicyclic) bond motifs is 1. The second kappa shape index (κ2) is 8.22. The largest absolute Gasteiger partial charge is 0.357 e. The van der Waals surface area contributed by atoms with Crippen molar-refractivity contribution in [2.24, 2.45) is 0 Å². The first-order chi connectivity index (χ1) is 15.9. The Morgan fingerprint density at radius 1 is 0.812 bits per heavy atom. The van der Waals surface area contributed by atoms with Crippen LogP contribution < -0.4 is 9.80 Å². The van der Waals surface area contributed by atoms with Gasteiger partial charge in [0, 0.05) is 32.0 Å². The molecule has 7 nitrogen and oxygen atoms in total. The van der Waals surface area contributed by atoms with Gasteiger partial charge in [-0.3, -0.25) is 4.98 Å². The fraction of sp³-hybridized carbons (Fsp3) is 0.360. The molecule has 2 aliphatic rings. The lowest BCUT2D eigenvalue weighted by Crippen LogP contribution is -2.30. The summed E-state index contributed by atoms with van der Waals surface area (Å²) in [5.74, 6) is 2.01. The molecule has 0 radical (unpaired) electrons. The zero-order chi connectivity index (χ0) is 21.3. The van der Waals surface area contributed by atoms with Gasteiger partial charge in [-0.25, -0.2) is 14.5 Å². The molecule has 4 aromatic rings. The molecule has 7 heteroatoms. The van der Waals surface area contributed by atoms with Gasteiger partial charge in [-0.2, -0.15) is 0 Å². The molecular weight excluding hydrogens is 398 g/mol. The zero-order valence-electron chi connectivity index (χ0n) is 18.1. The lowest BCUT2D eigenvalue weighted by molar-refractivity contribution is 0.573. The molecule has 2 aliphatic heterocycles. The Morgan fingerprint density at radius 3 is 2.62 bits per heavy atom. The van der Waals surface area contributed by atoms with Crippen LogP contribution in [-0.4, -0.2) is 44.2 Å². The third-order valence-corrected chi connectivity index (χ3v) is 6.64. The number of aromatic nitrogens is 5. The Kier molecular flexibility index (Phi) is 4.94. The highest BCUT2D eigenvalue weighted by atomic mass is 15.3. The highest BCUT2D eigenvalue weighted by molar-refractivity contribution is 5.62. The van der Waals surface area contributed by atoms with Gasteiger partial charge in [-0.1, -0.05) is 12.1 Å². The van der Waals surface area contributed by atoms with E-state index in [1.165, 1.54) is 24.8 Å². The van der Waals surface area contributed by atoms with Gasteiger partial charge >= 0.3 is 0 Å². The Morgan fingerprint density at radius 2 is 1.75 bits per heavy atom. The molecule has 4 aromatic heterocycles. The van der Waals surface area contributed by atoms with E-state index in [0.29, 0.717) is 6.04 Å². The third kappa shape index (κ3) is 3.47. The Labute approximate surface area is 187 Å². The summed E-state index contributed by atoms with van der Waals surface area (Å²) in [7, 11) is 0. The van der Waals surface area contributed by atoms with E-state index in [1.807, 2.05) is 29.2 Å². The number of rotatable bonds is 4. The van der Waals surface area contributed by atoms with Crippen molar-refractivity contribution in [3.05, 3.63) is 66.6 Å². The molecule has 162 valence electrons. The van der Waals surface area contributed by atoms with Crippen LogP contribution in [0.4, 0.5) is 11.6 Å². The number of nitrogens with zero attached hydrogens (tertiary/aromatic N) is 7. The fourth-order valence-electron chi connectivity index (χ4n) is 5.02. The highest BCUT2D eigenvalue weighted by Gasteiger charge is 2.28. The van der Waals surface area contributed by atoms with Crippen molar-refractivity contribution >= 4 is 17.3 Å². The highest BCUT2D eigenvalue weighted by Crippen LogP contribution is 2.35. The molecule has 0 spiro atoms. The van der Waals surface area contributed by atoms with Gasteiger partial charge in [0.15, 0.2) is 5.65 Å². The van der Waals surface area contributed by atoms with Crippen molar-refractivity contribution in [3.63, 3.8) is 0 Å². The molecule has 2 saturated heterocycles. The number of anilines is 2. The molecule has 6 heterocycles. The molecule has 0 saturated carbocycles. The van der Waals surface area contributed by atoms with E-state index in [-0.39, 0.29) is 0 Å². The predicted molar refractivity (Wildman–Crippen MR) is 126 cm³/mol. The lowest BCUT2D eigenvalue weighted by atomic mass is 10.1. The van der Waals surface area contributed by atoms with Crippen LogP contribution in [0.2, 0.25) is 0 Å². The van der Waals surface area contributed by atoms with E-state index in [0.717, 1.165) is 61.1 Å². The van der Waals surface area contributed by atoms with Crippen molar-refractivity contribution in [2.75, 3.05) is 29.4 Å². The minimum absolute atomic E-state index is 0.307. The second-order valence-corrected chi connectivity index (χ2v) is 8.67. The van der Waals surface area contributed by atoms with E-state index < -0.39 is 0 Å². The van der Waals surface area contributed by atoms with E-state index in [4.69, 9.17) is 10.1 Å². The predicted octanol–water partition coefficient (Wildman–Crippen LogP) is 4.52. The number of hydrogen-bond donors (Lipinski definition) is 0. The van der Waals surface area contributed by atoms with Crippen LogP contribution >= 0.6 is 0 Å². The standard InChI is InChI=1S/C25H27N7/c1-2-14-30(15-3-1)24-10-4-8-20(28-24)22-18-27-23-11-12-25(29-32(22)23)31-16-6-9-21(31)19-7-5-13-26-17-19/h4-5,7-8,10-13,17-18,21H,1-3,6,9,14-16H2. The van der Waals surface area contributed by atoms with Crippen molar-refractivity contribution in [1.82, 2.24) is 24.6 Å². The summed E-state index contributed by atoms with van der Waals surface area (Å²) < 4.78 is 1.94. The molecule has 2 fully saturated rings. The quantitative estimate of drug-likeness (QED) is 0.479. The molecule has 0 aliphatic carbocycles. The third-order valence-electron chi connectivity index (χ3n) is 6.64. The van der Waals surface area contributed by atoms with Gasteiger partial charge in [0.1, 0.15) is 17.3 Å². The van der Waals surface area contributed by atoms with E-state index >= 15 is 0 Å². The second-order valence-electron chi connectivity index (χ2n) is 8.67. The topological polar surface area (TPSA) is 62.5 Å². The fourth-order valence-corrected chi connectivity index (χ4v) is 5.02. The van der Waals surface area contributed by atoms with Crippen LogP contribution in [0, 0.1) is 0 Å². The van der Waals surface area contributed by atoms with E-state index in [9.17, 15) is 0 Å². The van der Waals surface area contributed by atoms with Gasteiger partial charge in [0.05, 0.1) is 17.9 Å². The van der Waals surface area contributed by atoms with Crippen LogP contribution in [-0.2, 0) is 0 Å². The maximum absolute atomic E-state index is 5.02. The van der Waals surface area contributed by atoms with Crippen molar-refractivity contribution < 1.29 is 0 Å². The molecule has 6 rings (SSSR count). The normalized spacial score (nSPS) is 19.1. The van der Waals surface area contributed by atoms with E-state index in [1.54, 1.807) is 0 Å². The van der Waals surface area contributed by atoms with Gasteiger partial charge in [0.2, 0.25) is 0 Å². The molecule has 0 amide bonds. The minimum atomic E-state index is 0.307. The first-order valence-electron chi connectivity index (χ1n) is 11.6. The monoisotopic (exact) mass is 425 g/mol. The smallest absolute Gasteiger partial charge is 0.154 e. The first-order valence-corrected chi connectivity index (χ1v) is 11.6. The van der Waals surface area contributed by atoms with Crippen LogP contribution in [0.15, 0.2) is 61.1 Å². The number of piperidine rings is 1. The number of pyridine rings is 2. The Balaban J connectivity index is 1.36. The van der Waals surface area contributed by atoms with Crippen molar-refractivity contribution in [2.45, 2.75) is 38.1 Å². The summed E-state index contributed by atoms with van der Waals surface area (Å²) in [6, 6.07) is 14.9. The maximum Gasteiger partial charge on any atom is 0.154 e. The zero-order valence-corrected chi connectivity index (χ0v) is 18.1. The van der Waals surface area contributed by atoms with Crippen molar-refractivity contribution in [1.29, 1.82) is 0 Å². The van der Waals surface area contributed by atoms with Gasteiger partial charge in [-0.15, -0.1) is 5.10 Å². The molecule has 0 N–H and O–H groups in total. The van der Waals surface area contributed by atoms with Gasteiger partial charge in [0.25, 0.3) is 0 Å². The summed E-state index contributed by atoms with van der Waals surface area (Å²) in [6.07, 6.45) is 11.7. The molecule has 32 heavy (non-hydrogen) atoms. The maximum atomic E-state index is 5.02. The molecule has 0 aromatic carbocycles. The van der Waals surface area contributed by atoms with Crippen LogP contribution in [0.5, 0.6) is 0 Å². The molecule has 0 bridgehead atoms. The van der Waals surface area contributed by atoms with Crippen LogP contribution in [0.3, 0.4) is 0 Å². The summed E-state index contributed by atoms with van der Waals surface area (Å²) in [5.41, 5.74) is 3.92. The van der Waals surface area contributed by atoms with Gasteiger partial charge < -0.3 is 9.80 Å². The number of hydrogen-bond acceptors (Lipinski definition) is 6. The summed E-state index contributed by atoms with van der Waals surface area (Å²) >= 11 is 0. The van der Waals surface area contributed by atoms with Crippen LogP contribution in [0.25, 0.3) is 17.0 Å². The lowest BCUT2D eigenvalue weighted by Gasteiger charge is -2.28. The summed E-state index contributed by atoms with van der Waals surface area (Å²) in [4.78, 5) is 18.7. The Bertz CT molecular complexity index is 1210. The van der Waals surface area contributed by atoms with E-state index in [2.05, 4.69) is 56.2 Å². The molecular formula is C25H27N7.